The highest BCUT2D eigenvalue weighted by molar-refractivity contribution is 9.10. The van der Waals surface area contributed by atoms with Crippen LogP contribution < -0.4 is 5.32 Å². The predicted octanol–water partition coefficient (Wildman–Crippen LogP) is 5.07. The van der Waals surface area contributed by atoms with Crippen molar-refractivity contribution in [1.82, 2.24) is 5.32 Å². The van der Waals surface area contributed by atoms with Gasteiger partial charge in [0, 0.05) is 10.5 Å². The first kappa shape index (κ1) is 14.1. The van der Waals surface area contributed by atoms with Crippen LogP contribution in [0.25, 0.3) is 0 Å². The number of hydrogen-bond donors (Lipinski definition) is 1. The lowest BCUT2D eigenvalue weighted by atomic mass is 9.87. The summed E-state index contributed by atoms with van der Waals surface area (Å²) >= 11 is 3.48. The largest absolute Gasteiger partial charge is 0.310 e. The Bertz CT molecular complexity index is 341. The molecule has 1 aliphatic rings. The van der Waals surface area contributed by atoms with Crippen molar-refractivity contribution in [2.75, 3.05) is 6.54 Å². The Labute approximate surface area is 119 Å². The molecule has 1 aliphatic carbocycles. The van der Waals surface area contributed by atoms with Crippen LogP contribution >= 0.6 is 15.9 Å². The van der Waals surface area contributed by atoms with Gasteiger partial charge in [-0.15, -0.1) is 0 Å². The van der Waals surface area contributed by atoms with E-state index in [2.05, 4.69) is 52.4 Å². The van der Waals surface area contributed by atoms with E-state index in [1.807, 2.05) is 0 Å². The molecule has 0 saturated heterocycles. The Balaban J connectivity index is 1.70. The fourth-order valence-electron chi connectivity index (χ4n) is 2.85. The van der Waals surface area contributed by atoms with Crippen LogP contribution in [0.15, 0.2) is 28.7 Å². The van der Waals surface area contributed by atoms with Gasteiger partial charge in [0.05, 0.1) is 0 Å². The Morgan fingerprint density at radius 3 is 2.50 bits per heavy atom. The predicted molar refractivity (Wildman–Crippen MR) is 81.8 cm³/mol. The van der Waals surface area contributed by atoms with Gasteiger partial charge in [-0.25, -0.2) is 0 Å². The molecule has 1 saturated carbocycles. The average Bonchev–Trinajstić information content (AvgIpc) is 2.40. The summed E-state index contributed by atoms with van der Waals surface area (Å²) in [4.78, 5) is 0. The maximum absolute atomic E-state index is 3.65. The molecule has 0 aliphatic heterocycles. The zero-order valence-electron chi connectivity index (χ0n) is 11.3. The van der Waals surface area contributed by atoms with Gasteiger partial charge < -0.3 is 5.32 Å². The molecule has 1 nitrogen and oxygen atoms in total. The van der Waals surface area contributed by atoms with Crippen molar-refractivity contribution in [3.63, 3.8) is 0 Å². The number of nitrogens with one attached hydrogen (secondary N) is 1. The maximum atomic E-state index is 3.65. The first-order valence-corrected chi connectivity index (χ1v) is 8.04. The van der Waals surface area contributed by atoms with Crippen molar-refractivity contribution in [2.45, 2.75) is 51.5 Å². The number of rotatable bonds is 5. The summed E-state index contributed by atoms with van der Waals surface area (Å²) in [5, 5.41) is 3.65. The fraction of sp³-hybridized carbons (Fsp3) is 0.625. The van der Waals surface area contributed by atoms with Gasteiger partial charge in [0.15, 0.2) is 0 Å². The molecule has 0 radical (unpaired) electrons. The van der Waals surface area contributed by atoms with Crippen LogP contribution in [0.4, 0.5) is 0 Å². The van der Waals surface area contributed by atoms with Gasteiger partial charge in [0.1, 0.15) is 0 Å². The van der Waals surface area contributed by atoms with Gasteiger partial charge in [-0.05, 0) is 43.5 Å². The molecule has 1 N–H and O–H groups in total. The third-order valence-electron chi connectivity index (χ3n) is 4.10. The van der Waals surface area contributed by atoms with Gasteiger partial charge in [-0.2, -0.15) is 0 Å². The topological polar surface area (TPSA) is 12.0 Å². The second kappa shape index (κ2) is 7.30. The molecular weight excluding hydrogens is 286 g/mol. The van der Waals surface area contributed by atoms with Crippen molar-refractivity contribution < 1.29 is 0 Å². The molecule has 0 bridgehead atoms. The van der Waals surface area contributed by atoms with E-state index >= 15 is 0 Å². The summed E-state index contributed by atoms with van der Waals surface area (Å²) in [5.41, 5.74) is 1.38. The monoisotopic (exact) mass is 309 g/mol. The zero-order valence-corrected chi connectivity index (χ0v) is 12.9. The maximum Gasteiger partial charge on any atom is 0.0291 e. The summed E-state index contributed by atoms with van der Waals surface area (Å²) in [6, 6.07) is 9.09. The Morgan fingerprint density at radius 2 is 1.83 bits per heavy atom. The van der Waals surface area contributed by atoms with Crippen LogP contribution in [0.2, 0.25) is 0 Å². The van der Waals surface area contributed by atoms with Crippen molar-refractivity contribution in [3.05, 3.63) is 34.3 Å². The van der Waals surface area contributed by atoms with E-state index in [0.717, 1.165) is 16.9 Å². The Kier molecular flexibility index (Phi) is 5.71. The summed E-state index contributed by atoms with van der Waals surface area (Å²) in [5.74, 6) is 0.975. The standard InChI is InChI=1S/C16H24BrN/c1-13(15-7-9-16(17)10-8-15)18-12-11-14-5-3-2-4-6-14/h7-10,13-14,18H,2-6,11-12H2,1H3/t13-/m0/s1. The minimum absolute atomic E-state index is 0.460. The third-order valence-corrected chi connectivity index (χ3v) is 4.63. The molecule has 2 rings (SSSR count). The zero-order chi connectivity index (χ0) is 12.8. The average molecular weight is 310 g/mol. The van der Waals surface area contributed by atoms with Crippen LogP contribution in [0, 0.1) is 5.92 Å². The molecular formula is C16H24BrN. The van der Waals surface area contributed by atoms with Crippen LogP contribution in [0.3, 0.4) is 0 Å². The van der Waals surface area contributed by atoms with Crippen molar-refractivity contribution in [1.29, 1.82) is 0 Å². The number of halogens is 1. The van der Waals surface area contributed by atoms with Gasteiger partial charge in [0.2, 0.25) is 0 Å². The van der Waals surface area contributed by atoms with Gasteiger partial charge >= 0.3 is 0 Å². The Morgan fingerprint density at radius 1 is 1.17 bits per heavy atom. The lowest BCUT2D eigenvalue weighted by Gasteiger charge is -2.22. The fourth-order valence-corrected chi connectivity index (χ4v) is 3.11. The van der Waals surface area contributed by atoms with E-state index in [4.69, 9.17) is 0 Å². The van der Waals surface area contributed by atoms with Crippen LogP contribution in [-0.2, 0) is 0 Å². The van der Waals surface area contributed by atoms with Crippen molar-refractivity contribution in [2.24, 2.45) is 5.92 Å². The minimum atomic E-state index is 0.460. The molecule has 0 amide bonds. The smallest absolute Gasteiger partial charge is 0.0291 e. The molecule has 100 valence electrons. The minimum Gasteiger partial charge on any atom is -0.310 e. The highest BCUT2D eigenvalue weighted by Gasteiger charge is 2.13. The molecule has 1 fully saturated rings. The second-order valence-electron chi connectivity index (χ2n) is 5.52. The molecule has 1 aromatic carbocycles. The van der Waals surface area contributed by atoms with Crippen molar-refractivity contribution >= 4 is 15.9 Å². The second-order valence-corrected chi connectivity index (χ2v) is 6.44. The molecule has 18 heavy (non-hydrogen) atoms. The van der Waals surface area contributed by atoms with Crippen LogP contribution in [0.1, 0.15) is 57.1 Å². The van der Waals surface area contributed by atoms with E-state index < -0.39 is 0 Å². The van der Waals surface area contributed by atoms with Crippen LogP contribution in [-0.4, -0.2) is 6.54 Å². The Hall–Kier alpha value is -0.340. The van der Waals surface area contributed by atoms with Gasteiger partial charge in [0.25, 0.3) is 0 Å². The van der Waals surface area contributed by atoms with E-state index in [1.54, 1.807) is 0 Å². The summed E-state index contributed by atoms with van der Waals surface area (Å²) in [6.07, 6.45) is 8.61. The van der Waals surface area contributed by atoms with E-state index in [-0.39, 0.29) is 0 Å². The lowest BCUT2D eigenvalue weighted by molar-refractivity contribution is 0.329. The first-order chi connectivity index (χ1) is 8.75. The van der Waals surface area contributed by atoms with Crippen LogP contribution in [0.5, 0.6) is 0 Å². The first-order valence-electron chi connectivity index (χ1n) is 7.24. The molecule has 1 aromatic rings. The molecule has 0 unspecified atom stereocenters. The van der Waals surface area contributed by atoms with E-state index in [0.29, 0.717) is 6.04 Å². The van der Waals surface area contributed by atoms with Gasteiger partial charge in [-0.3, -0.25) is 0 Å². The third kappa shape index (κ3) is 4.40. The number of benzene rings is 1. The summed E-state index contributed by atoms with van der Waals surface area (Å²) in [6.45, 7) is 3.41. The normalized spacial score (nSPS) is 18.8. The molecule has 0 heterocycles. The molecule has 0 aromatic heterocycles. The molecule has 0 spiro atoms. The molecule has 1 atom stereocenters. The molecule has 2 heteroatoms. The van der Waals surface area contributed by atoms with Crippen molar-refractivity contribution in [3.8, 4) is 0 Å². The summed E-state index contributed by atoms with van der Waals surface area (Å²) in [7, 11) is 0. The SMILES string of the molecule is C[C@H](NCCC1CCCCC1)c1ccc(Br)cc1. The number of hydrogen-bond acceptors (Lipinski definition) is 1. The van der Waals surface area contributed by atoms with E-state index in [9.17, 15) is 0 Å². The highest BCUT2D eigenvalue weighted by Crippen LogP contribution is 2.26. The van der Waals surface area contributed by atoms with Gasteiger partial charge in [-0.1, -0.05) is 60.2 Å². The summed E-state index contributed by atoms with van der Waals surface area (Å²) < 4.78 is 1.15. The lowest BCUT2D eigenvalue weighted by Crippen LogP contribution is -2.22. The quantitative estimate of drug-likeness (QED) is 0.800. The highest BCUT2D eigenvalue weighted by atomic mass is 79.9. The van der Waals surface area contributed by atoms with E-state index in [1.165, 1.54) is 44.1 Å².